The van der Waals surface area contributed by atoms with Crippen molar-refractivity contribution < 1.29 is 0 Å². The van der Waals surface area contributed by atoms with E-state index >= 15 is 0 Å². The first-order valence-corrected chi connectivity index (χ1v) is 2.28. The van der Waals surface area contributed by atoms with Crippen LogP contribution >= 0.6 is 11.8 Å². The maximum atomic E-state index is 7.78. The first-order chi connectivity index (χ1) is 2.91. The van der Waals surface area contributed by atoms with Gasteiger partial charge in [-0.3, -0.25) is 0 Å². The Hall–Kier alpha value is 0.966. The molecule has 0 aromatic heterocycles. The normalized spacial score (nSPS) is 4.86. The second kappa shape index (κ2) is 10.1. The zero-order valence-electron chi connectivity index (χ0n) is 3.01. The minimum atomic E-state index is 0. The van der Waals surface area contributed by atoms with Crippen molar-refractivity contribution in [3.63, 3.8) is 0 Å². The summed E-state index contributed by atoms with van der Waals surface area (Å²) in [5, 5.41) is 17.3. The molecule has 0 aliphatic carbocycles. The molecule has 0 aromatic carbocycles. The number of thioether (sulfide) groups is 1. The molecule has 0 spiro atoms. The van der Waals surface area contributed by atoms with E-state index < -0.39 is 0 Å². The van der Waals surface area contributed by atoms with Crippen LogP contribution in [0.25, 0.3) is 0 Å². The third kappa shape index (κ3) is 10.9. The van der Waals surface area contributed by atoms with Crippen LogP contribution in [-0.4, -0.2) is 57.1 Å². The molecule has 4 heteroatoms. The molecule has 0 amide bonds. The summed E-state index contributed by atoms with van der Waals surface area (Å²) in [6.45, 7) is 0. The predicted molar refractivity (Wildman–Crippen MR) is 30.8 cm³/mol. The number of nitriles is 2. The van der Waals surface area contributed by atoms with Gasteiger partial charge in [0.05, 0.1) is 11.8 Å². The average Bonchev–Trinajstić information content (AvgIpc) is 1.61. The van der Waals surface area contributed by atoms with E-state index in [1.807, 2.05) is 6.07 Å². The molecule has 0 unspecified atom stereocenters. The summed E-state index contributed by atoms with van der Waals surface area (Å²) in [6, 6.07) is 1.81. The fourth-order valence-corrected chi connectivity index (χ4v) is 0.194. The van der Waals surface area contributed by atoms with Gasteiger partial charge in [-0.15, -0.1) is 0 Å². The Bertz CT molecular complexity index is 86.5. The molecule has 0 fully saturated rings. The van der Waals surface area contributed by atoms with Gasteiger partial charge in [0.25, 0.3) is 0 Å². The molecule has 0 saturated carbocycles. The molecule has 32 valence electrons. The number of rotatable bonds is 1. The number of thiocyanates is 1. The van der Waals surface area contributed by atoms with Crippen LogP contribution < -0.4 is 0 Å². The molecule has 0 N–H and O–H groups in total. The summed E-state index contributed by atoms with van der Waals surface area (Å²) in [5.41, 5.74) is 0. The fraction of sp³-hybridized carbons (Fsp3) is 0.333. The summed E-state index contributed by atoms with van der Waals surface area (Å²) in [5.74, 6) is 0.274. The second-order valence-electron chi connectivity index (χ2n) is 0.538. The van der Waals surface area contributed by atoms with Crippen molar-refractivity contribution in [2.24, 2.45) is 0 Å². The Kier molecular flexibility index (Phi) is 15.6. The Morgan fingerprint density at radius 2 is 2.00 bits per heavy atom. The van der Waals surface area contributed by atoms with Gasteiger partial charge in [0.2, 0.25) is 0 Å². The van der Waals surface area contributed by atoms with E-state index in [1.54, 1.807) is 5.40 Å². The molecule has 0 rings (SSSR count). The minimum absolute atomic E-state index is 0. The fourth-order valence-electron chi connectivity index (χ4n) is 0.0645. The van der Waals surface area contributed by atoms with Crippen molar-refractivity contribution in [1.29, 1.82) is 10.5 Å². The summed E-state index contributed by atoms with van der Waals surface area (Å²) in [4.78, 5) is 0. The molecule has 2 nitrogen and oxygen atoms in total. The Morgan fingerprint density at radius 1 is 1.43 bits per heavy atom. The van der Waals surface area contributed by atoms with Gasteiger partial charge in [-0.25, -0.2) is 0 Å². The van der Waals surface area contributed by atoms with E-state index in [0.29, 0.717) is 0 Å². The van der Waals surface area contributed by atoms with Gasteiger partial charge in [-0.1, -0.05) is 0 Å². The van der Waals surface area contributed by atoms with Crippen LogP contribution in [-0.2, 0) is 0 Å². The third-order valence-electron chi connectivity index (χ3n) is 0.201. The zero-order chi connectivity index (χ0) is 4.83. The van der Waals surface area contributed by atoms with E-state index in [4.69, 9.17) is 10.5 Å². The average molecular weight is 138 g/mol. The molecule has 0 aliphatic heterocycles. The van der Waals surface area contributed by atoms with Gasteiger partial charge in [-0.2, -0.15) is 10.5 Å². The van der Waals surface area contributed by atoms with Crippen LogP contribution in [0.3, 0.4) is 0 Å². The van der Waals surface area contributed by atoms with Crippen LogP contribution in [0.2, 0.25) is 0 Å². The van der Waals surface area contributed by atoms with Crippen molar-refractivity contribution in [1.82, 2.24) is 0 Å². The molecule has 0 bridgehead atoms. The maximum absolute atomic E-state index is 7.78. The molecule has 0 saturated heterocycles. The molecule has 0 radical (unpaired) electrons. The van der Waals surface area contributed by atoms with E-state index in [0.717, 1.165) is 11.8 Å². The van der Waals surface area contributed by atoms with Crippen molar-refractivity contribution in [2.45, 2.75) is 0 Å². The van der Waals surface area contributed by atoms with E-state index in [9.17, 15) is 0 Å². The van der Waals surface area contributed by atoms with E-state index in [-0.39, 0.29) is 57.1 Å². The van der Waals surface area contributed by atoms with Crippen LogP contribution in [0.5, 0.6) is 0 Å². The van der Waals surface area contributed by atoms with E-state index in [1.165, 1.54) is 0 Å². The zero-order valence-corrected chi connectivity index (χ0v) is 3.83. The molecular formula is C3H3KN2S. The Morgan fingerprint density at radius 3 is 2.14 bits per heavy atom. The van der Waals surface area contributed by atoms with Gasteiger partial charge in [0, 0.05) is 0 Å². The summed E-state index contributed by atoms with van der Waals surface area (Å²) >= 11 is 0.953. The van der Waals surface area contributed by atoms with Crippen molar-refractivity contribution in [3.8, 4) is 11.5 Å². The molecular weight excluding hydrogens is 135 g/mol. The Balaban J connectivity index is 0. The van der Waals surface area contributed by atoms with Gasteiger partial charge in [0.1, 0.15) is 5.40 Å². The van der Waals surface area contributed by atoms with Crippen molar-refractivity contribution in [2.75, 3.05) is 5.75 Å². The number of hydrogen-bond donors (Lipinski definition) is 0. The molecule has 0 heterocycles. The first-order valence-electron chi connectivity index (χ1n) is 1.29. The quantitative estimate of drug-likeness (QED) is 0.293. The first kappa shape index (κ1) is 10.9. The molecule has 0 aliphatic rings. The summed E-state index contributed by atoms with van der Waals surface area (Å²) in [6.07, 6.45) is 0. The van der Waals surface area contributed by atoms with Crippen molar-refractivity contribution >= 4 is 63.1 Å². The van der Waals surface area contributed by atoms with Crippen LogP contribution in [0, 0.1) is 22.0 Å². The van der Waals surface area contributed by atoms with Gasteiger partial charge < -0.3 is 0 Å². The van der Waals surface area contributed by atoms with Crippen molar-refractivity contribution in [3.05, 3.63) is 0 Å². The summed E-state index contributed by atoms with van der Waals surface area (Å²) < 4.78 is 0. The second-order valence-corrected chi connectivity index (χ2v) is 1.30. The molecule has 7 heavy (non-hydrogen) atoms. The number of hydrogen-bond acceptors (Lipinski definition) is 3. The SMILES string of the molecule is N#CCSC#N.[KH]. The number of nitrogens with zero attached hydrogens (tertiary/aromatic N) is 2. The third-order valence-corrected chi connectivity index (χ3v) is 0.604. The van der Waals surface area contributed by atoms with Crippen LogP contribution in [0.4, 0.5) is 0 Å². The monoisotopic (exact) mass is 138 g/mol. The summed E-state index contributed by atoms with van der Waals surface area (Å²) in [7, 11) is 0. The van der Waals surface area contributed by atoms with Crippen LogP contribution in [0.15, 0.2) is 0 Å². The molecule has 0 atom stereocenters. The molecule has 0 aromatic rings. The Labute approximate surface area is 89.3 Å². The van der Waals surface area contributed by atoms with Crippen LogP contribution in [0.1, 0.15) is 0 Å². The van der Waals surface area contributed by atoms with E-state index in [2.05, 4.69) is 0 Å². The van der Waals surface area contributed by atoms with Gasteiger partial charge >= 0.3 is 51.4 Å². The predicted octanol–water partition coefficient (Wildman–Crippen LogP) is 0.0758. The standard InChI is InChI=1S/C3H2N2S.K.H/c4-1-2-6-3-5;;/h2H2;;. The van der Waals surface area contributed by atoms with Gasteiger partial charge in [-0.05, 0) is 11.8 Å². The van der Waals surface area contributed by atoms with Gasteiger partial charge in [0.15, 0.2) is 0 Å². The topological polar surface area (TPSA) is 47.6 Å².